The summed E-state index contributed by atoms with van der Waals surface area (Å²) >= 11 is 0. The number of hydrogen-bond donors (Lipinski definition) is 1. The minimum Gasteiger partial charge on any atom is -0.494 e. The Bertz CT molecular complexity index is 588. The minimum absolute atomic E-state index is 0. The van der Waals surface area contributed by atoms with Gasteiger partial charge in [0.1, 0.15) is 5.75 Å². The van der Waals surface area contributed by atoms with Gasteiger partial charge in [-0.1, -0.05) is 12.1 Å². The zero-order chi connectivity index (χ0) is 19.1. The highest BCUT2D eigenvalue weighted by molar-refractivity contribution is 5.85. The van der Waals surface area contributed by atoms with Gasteiger partial charge in [-0.2, -0.15) is 0 Å². The molecule has 158 valence electrons. The molecule has 2 fully saturated rings. The highest BCUT2D eigenvalue weighted by Crippen LogP contribution is 2.33. The summed E-state index contributed by atoms with van der Waals surface area (Å²) in [5.74, 6) is 2.01. The lowest BCUT2D eigenvalue weighted by atomic mass is 9.93. The monoisotopic (exact) mass is 409 g/mol. The summed E-state index contributed by atoms with van der Waals surface area (Å²) in [6.07, 6.45) is 5.85. The summed E-state index contributed by atoms with van der Waals surface area (Å²) in [4.78, 5) is 17.4. The van der Waals surface area contributed by atoms with Crippen LogP contribution in [0, 0.1) is 5.92 Å². The second-order valence-corrected chi connectivity index (χ2v) is 7.86. The molecule has 2 aliphatic rings. The molecule has 0 aliphatic carbocycles. The number of benzene rings is 1. The van der Waals surface area contributed by atoms with Crippen LogP contribution in [-0.2, 0) is 4.79 Å². The molecule has 2 saturated heterocycles. The van der Waals surface area contributed by atoms with Gasteiger partial charge in [-0.25, -0.2) is 0 Å². The van der Waals surface area contributed by atoms with Crippen molar-refractivity contribution in [3.05, 3.63) is 29.8 Å². The molecule has 1 amide bonds. The Morgan fingerprint density at radius 1 is 1.14 bits per heavy atom. The van der Waals surface area contributed by atoms with Gasteiger partial charge in [0.05, 0.1) is 19.2 Å². The fraction of sp³-hybridized carbons (Fsp3) is 0.682. The van der Waals surface area contributed by atoms with E-state index in [1.165, 1.54) is 24.8 Å². The topological polar surface area (TPSA) is 44.8 Å². The average Bonchev–Trinajstić information content (AvgIpc) is 3.18. The summed E-state index contributed by atoms with van der Waals surface area (Å²) in [6, 6.07) is 8.51. The van der Waals surface area contributed by atoms with Crippen molar-refractivity contribution in [1.82, 2.24) is 15.1 Å². The van der Waals surface area contributed by atoms with E-state index in [1.807, 2.05) is 26.1 Å². The molecule has 5 nitrogen and oxygen atoms in total. The lowest BCUT2D eigenvalue weighted by Crippen LogP contribution is -2.43. The molecule has 2 aliphatic heterocycles. The van der Waals surface area contributed by atoms with E-state index in [2.05, 4.69) is 27.2 Å². The van der Waals surface area contributed by atoms with E-state index < -0.39 is 0 Å². The van der Waals surface area contributed by atoms with Crippen LogP contribution in [0.5, 0.6) is 5.75 Å². The number of piperidine rings is 1. The largest absolute Gasteiger partial charge is 0.494 e. The number of amides is 1. The first-order valence-electron chi connectivity index (χ1n) is 10.6. The molecule has 0 aromatic heterocycles. The van der Waals surface area contributed by atoms with Crippen molar-refractivity contribution in [2.75, 3.05) is 46.4 Å². The number of hydrogen-bond acceptors (Lipinski definition) is 4. The number of ether oxygens (including phenoxy) is 1. The van der Waals surface area contributed by atoms with Crippen molar-refractivity contribution in [3.8, 4) is 5.75 Å². The van der Waals surface area contributed by atoms with E-state index >= 15 is 0 Å². The molecule has 0 saturated carbocycles. The Hall–Kier alpha value is -1.30. The van der Waals surface area contributed by atoms with Gasteiger partial charge in [-0.15, -0.1) is 12.4 Å². The van der Waals surface area contributed by atoms with Crippen molar-refractivity contribution >= 4 is 18.3 Å². The predicted octanol–water partition coefficient (Wildman–Crippen LogP) is 3.49. The maximum Gasteiger partial charge on any atom is 0.237 e. The Morgan fingerprint density at radius 3 is 2.50 bits per heavy atom. The third-order valence-electron chi connectivity index (χ3n) is 6.02. The predicted molar refractivity (Wildman–Crippen MR) is 116 cm³/mol. The second kappa shape index (κ2) is 11.6. The summed E-state index contributed by atoms with van der Waals surface area (Å²) in [5.41, 5.74) is 1.23. The molecule has 1 atom stereocenters. The van der Waals surface area contributed by atoms with Crippen molar-refractivity contribution in [1.29, 1.82) is 0 Å². The third-order valence-corrected chi connectivity index (χ3v) is 6.02. The molecule has 28 heavy (non-hydrogen) atoms. The Balaban J connectivity index is 0.00000280. The molecule has 3 rings (SSSR count). The van der Waals surface area contributed by atoms with Gasteiger partial charge in [0, 0.05) is 6.54 Å². The normalized spacial score (nSPS) is 20.8. The zero-order valence-electron chi connectivity index (χ0n) is 17.4. The molecule has 1 unspecified atom stereocenters. The summed E-state index contributed by atoms with van der Waals surface area (Å²) in [5, 5.41) is 3.24. The van der Waals surface area contributed by atoms with Gasteiger partial charge in [0.25, 0.3) is 0 Å². The average molecular weight is 410 g/mol. The van der Waals surface area contributed by atoms with E-state index in [0.29, 0.717) is 19.1 Å². The number of nitrogens with one attached hydrogen (secondary N) is 1. The van der Waals surface area contributed by atoms with Crippen LogP contribution < -0.4 is 10.1 Å². The number of nitrogens with zero attached hydrogens (tertiary/aromatic N) is 2. The van der Waals surface area contributed by atoms with Crippen molar-refractivity contribution in [2.45, 2.75) is 45.1 Å². The first kappa shape index (κ1) is 23.0. The lowest BCUT2D eigenvalue weighted by molar-refractivity contribution is -0.133. The van der Waals surface area contributed by atoms with Crippen LogP contribution in [0.1, 0.15) is 50.6 Å². The smallest absolute Gasteiger partial charge is 0.237 e. The van der Waals surface area contributed by atoms with E-state index in [9.17, 15) is 4.79 Å². The van der Waals surface area contributed by atoms with Gasteiger partial charge in [-0.3, -0.25) is 9.69 Å². The fourth-order valence-electron chi connectivity index (χ4n) is 4.43. The van der Waals surface area contributed by atoms with E-state index in [0.717, 1.165) is 50.7 Å². The van der Waals surface area contributed by atoms with E-state index in [-0.39, 0.29) is 18.4 Å². The standard InChI is InChI=1S/C22H35N3O2.ClH/c1-3-27-20-8-6-19(7-9-20)21-5-4-14-25(21)22(26)17-24-15-11-18(12-16-24)10-13-23-2;/h6-9,18,21,23H,3-5,10-17H2,1-2H3;1H. The van der Waals surface area contributed by atoms with Crippen LogP contribution in [-0.4, -0.2) is 62.1 Å². The Kier molecular flexibility index (Phi) is 9.56. The number of carbonyl (C=O) groups excluding carboxylic acids is 1. The molecule has 0 radical (unpaired) electrons. The summed E-state index contributed by atoms with van der Waals surface area (Å²) in [7, 11) is 2.02. The van der Waals surface area contributed by atoms with Gasteiger partial charge in [-0.05, 0) is 89.3 Å². The molecule has 0 bridgehead atoms. The van der Waals surface area contributed by atoms with Gasteiger partial charge >= 0.3 is 0 Å². The number of carbonyl (C=O) groups is 1. The molecule has 2 heterocycles. The molecular weight excluding hydrogens is 374 g/mol. The Morgan fingerprint density at radius 2 is 1.86 bits per heavy atom. The van der Waals surface area contributed by atoms with Crippen molar-refractivity contribution in [2.24, 2.45) is 5.92 Å². The van der Waals surface area contributed by atoms with Crippen molar-refractivity contribution in [3.63, 3.8) is 0 Å². The molecule has 6 heteroatoms. The second-order valence-electron chi connectivity index (χ2n) is 7.86. The molecular formula is C22H36ClN3O2. The van der Waals surface area contributed by atoms with E-state index in [4.69, 9.17) is 4.74 Å². The maximum atomic E-state index is 13.0. The summed E-state index contributed by atoms with van der Waals surface area (Å²) < 4.78 is 5.54. The highest BCUT2D eigenvalue weighted by Gasteiger charge is 2.31. The zero-order valence-corrected chi connectivity index (χ0v) is 18.2. The van der Waals surface area contributed by atoms with Crippen LogP contribution in [0.2, 0.25) is 0 Å². The minimum atomic E-state index is 0. The molecule has 1 aromatic rings. The number of halogens is 1. The fourth-order valence-corrected chi connectivity index (χ4v) is 4.43. The SMILES string of the molecule is CCOc1ccc(C2CCCN2C(=O)CN2CCC(CCNC)CC2)cc1.Cl. The number of rotatable bonds is 8. The van der Waals surface area contributed by atoms with E-state index in [1.54, 1.807) is 0 Å². The number of likely N-dealkylation sites (tertiary alicyclic amines) is 2. The van der Waals surface area contributed by atoms with Crippen LogP contribution in [0.3, 0.4) is 0 Å². The van der Waals surface area contributed by atoms with Crippen molar-refractivity contribution < 1.29 is 9.53 Å². The quantitative estimate of drug-likeness (QED) is 0.713. The Labute approximate surface area is 176 Å². The summed E-state index contributed by atoms with van der Waals surface area (Å²) in [6.45, 7) is 7.35. The van der Waals surface area contributed by atoms with Crippen LogP contribution in [0.4, 0.5) is 0 Å². The van der Waals surface area contributed by atoms with Gasteiger partial charge in [0.15, 0.2) is 0 Å². The highest BCUT2D eigenvalue weighted by atomic mass is 35.5. The molecule has 1 N–H and O–H groups in total. The lowest BCUT2D eigenvalue weighted by Gasteiger charge is -2.33. The van der Waals surface area contributed by atoms with Crippen LogP contribution in [0.15, 0.2) is 24.3 Å². The van der Waals surface area contributed by atoms with Crippen LogP contribution in [0.25, 0.3) is 0 Å². The molecule has 1 aromatic carbocycles. The first-order chi connectivity index (χ1) is 13.2. The molecule has 0 spiro atoms. The van der Waals surface area contributed by atoms with Gasteiger partial charge in [0.2, 0.25) is 5.91 Å². The first-order valence-corrected chi connectivity index (χ1v) is 10.6. The van der Waals surface area contributed by atoms with Crippen LogP contribution >= 0.6 is 12.4 Å². The maximum absolute atomic E-state index is 13.0. The third kappa shape index (κ3) is 6.10. The van der Waals surface area contributed by atoms with Gasteiger partial charge < -0.3 is 15.0 Å².